The van der Waals surface area contributed by atoms with E-state index in [1.807, 2.05) is 18.2 Å². The number of hydrogen-bond acceptors (Lipinski definition) is 4. The summed E-state index contributed by atoms with van der Waals surface area (Å²) in [6.07, 6.45) is 5.12. The summed E-state index contributed by atoms with van der Waals surface area (Å²) in [5, 5.41) is 0. The molecule has 0 bridgehead atoms. The van der Waals surface area contributed by atoms with Gasteiger partial charge in [0.1, 0.15) is 16.3 Å². The van der Waals surface area contributed by atoms with Crippen molar-refractivity contribution in [2.45, 2.75) is 64.7 Å². The lowest BCUT2D eigenvalue weighted by Gasteiger charge is -2.34. The van der Waals surface area contributed by atoms with Gasteiger partial charge in [-0.2, -0.15) is 0 Å². The van der Waals surface area contributed by atoms with Gasteiger partial charge < -0.3 is 14.3 Å². The molecule has 1 aliphatic rings. The summed E-state index contributed by atoms with van der Waals surface area (Å²) in [5.74, 6) is 2.04. The van der Waals surface area contributed by atoms with E-state index in [0.29, 0.717) is 11.2 Å². The van der Waals surface area contributed by atoms with Crippen LogP contribution in [0.5, 0.6) is 0 Å². The predicted molar refractivity (Wildman–Crippen MR) is 135 cm³/mol. The Hall–Kier alpha value is -2.83. The van der Waals surface area contributed by atoms with Crippen molar-refractivity contribution in [3.8, 4) is 11.4 Å². The van der Waals surface area contributed by atoms with Crippen molar-refractivity contribution in [1.82, 2.24) is 19.5 Å². The molecule has 6 heteroatoms. The van der Waals surface area contributed by atoms with E-state index in [2.05, 4.69) is 59.8 Å². The maximum atomic E-state index is 6.06. The van der Waals surface area contributed by atoms with E-state index in [0.717, 1.165) is 72.5 Å². The van der Waals surface area contributed by atoms with Gasteiger partial charge in [0.2, 0.25) is 0 Å². The molecule has 2 aromatic carbocycles. The number of aromatic amines is 1. The van der Waals surface area contributed by atoms with Gasteiger partial charge in [-0.3, -0.25) is 0 Å². The lowest BCUT2D eigenvalue weighted by atomic mass is 9.95. The average molecular weight is 459 g/mol. The molecular weight excluding hydrogens is 428 g/mol. The molecule has 0 aliphatic carbocycles. The van der Waals surface area contributed by atoms with Crippen LogP contribution in [0.3, 0.4) is 0 Å². The summed E-state index contributed by atoms with van der Waals surface area (Å²) in [6, 6.07) is 18.6. The zero-order valence-electron chi connectivity index (χ0n) is 19.3. The highest BCUT2D eigenvalue weighted by Gasteiger charge is 2.30. The number of imidazole rings is 1. The SMILES string of the molecule is CC1(C)Cc2c(c(=S)nc(-c3ccccc3)n2CCCCCc2nc3ccccc3[nH]2)CO1. The molecule has 4 aromatic rings. The van der Waals surface area contributed by atoms with Gasteiger partial charge in [0, 0.05) is 36.2 Å². The fraction of sp³-hybridized carbons (Fsp3) is 0.370. The molecule has 170 valence electrons. The van der Waals surface area contributed by atoms with Crippen LogP contribution in [0.4, 0.5) is 0 Å². The number of fused-ring (bicyclic) bond motifs is 2. The lowest BCUT2D eigenvalue weighted by molar-refractivity contribution is -0.0428. The molecule has 5 rings (SSSR count). The van der Waals surface area contributed by atoms with Crippen LogP contribution in [0, 0.1) is 4.64 Å². The minimum atomic E-state index is -0.201. The molecule has 0 amide bonds. The molecule has 0 unspecified atom stereocenters. The van der Waals surface area contributed by atoms with Crippen molar-refractivity contribution >= 4 is 23.3 Å². The number of benzene rings is 2. The molecule has 0 saturated heterocycles. The minimum absolute atomic E-state index is 0.201. The fourth-order valence-electron chi connectivity index (χ4n) is 4.62. The van der Waals surface area contributed by atoms with Crippen LogP contribution in [0.1, 0.15) is 50.2 Å². The summed E-state index contributed by atoms with van der Waals surface area (Å²) in [5.41, 5.74) is 5.42. The highest BCUT2D eigenvalue weighted by Crippen LogP contribution is 2.31. The van der Waals surface area contributed by atoms with Gasteiger partial charge in [-0.1, -0.05) is 61.1 Å². The molecule has 1 aliphatic heterocycles. The number of nitrogens with zero attached hydrogens (tertiary/aromatic N) is 3. The maximum absolute atomic E-state index is 6.06. The minimum Gasteiger partial charge on any atom is -0.370 e. The summed E-state index contributed by atoms with van der Waals surface area (Å²) in [6.45, 7) is 5.76. The third kappa shape index (κ3) is 4.77. The second-order valence-electron chi connectivity index (χ2n) is 9.42. The third-order valence-corrected chi connectivity index (χ3v) is 6.70. The standard InChI is InChI=1S/C27H30N4OS/c1-27(2)17-23-20(18-32-27)26(33)30-25(19-11-5-3-6-12-19)31(23)16-10-4-7-15-24-28-21-13-8-9-14-22(21)29-24/h3,5-6,8-9,11-14H,4,7,10,15-18H2,1-2H3,(H,28,29). The Kier molecular flexibility index (Phi) is 6.13. The van der Waals surface area contributed by atoms with Crippen LogP contribution in [0.15, 0.2) is 54.6 Å². The van der Waals surface area contributed by atoms with Crippen molar-refractivity contribution in [2.24, 2.45) is 0 Å². The van der Waals surface area contributed by atoms with Crippen molar-refractivity contribution in [2.75, 3.05) is 0 Å². The Morgan fingerprint density at radius 1 is 1.00 bits per heavy atom. The van der Waals surface area contributed by atoms with Crippen LogP contribution in [0.2, 0.25) is 0 Å². The molecule has 2 aromatic heterocycles. The highest BCUT2D eigenvalue weighted by atomic mass is 32.1. The number of aromatic nitrogens is 4. The number of hydrogen-bond donors (Lipinski definition) is 1. The quantitative estimate of drug-likeness (QED) is 0.256. The van der Waals surface area contributed by atoms with E-state index in [1.165, 1.54) is 5.69 Å². The van der Waals surface area contributed by atoms with Crippen LogP contribution in [0.25, 0.3) is 22.4 Å². The summed E-state index contributed by atoms with van der Waals surface area (Å²) < 4.78 is 9.12. The number of aryl methyl sites for hydroxylation is 1. The van der Waals surface area contributed by atoms with Crippen molar-refractivity contribution < 1.29 is 4.74 Å². The second kappa shape index (κ2) is 9.20. The van der Waals surface area contributed by atoms with E-state index >= 15 is 0 Å². The number of rotatable bonds is 7. The second-order valence-corrected chi connectivity index (χ2v) is 9.81. The van der Waals surface area contributed by atoms with Crippen molar-refractivity contribution in [3.63, 3.8) is 0 Å². The summed E-state index contributed by atoms with van der Waals surface area (Å²) in [7, 11) is 0. The Morgan fingerprint density at radius 3 is 2.61 bits per heavy atom. The van der Waals surface area contributed by atoms with Crippen molar-refractivity contribution in [1.29, 1.82) is 0 Å². The van der Waals surface area contributed by atoms with Gasteiger partial charge in [-0.25, -0.2) is 9.97 Å². The largest absolute Gasteiger partial charge is 0.370 e. The van der Waals surface area contributed by atoms with Gasteiger partial charge in [0.25, 0.3) is 0 Å². The third-order valence-electron chi connectivity index (χ3n) is 6.36. The number of nitrogens with one attached hydrogen (secondary N) is 1. The molecule has 3 heterocycles. The number of para-hydroxylation sites is 2. The molecule has 0 saturated carbocycles. The maximum Gasteiger partial charge on any atom is 0.141 e. The fourth-order valence-corrected chi connectivity index (χ4v) is 4.88. The van der Waals surface area contributed by atoms with Crippen LogP contribution in [-0.4, -0.2) is 25.1 Å². The van der Waals surface area contributed by atoms with Crippen LogP contribution >= 0.6 is 12.2 Å². The lowest BCUT2D eigenvalue weighted by Crippen LogP contribution is -2.35. The topological polar surface area (TPSA) is 55.7 Å². The summed E-state index contributed by atoms with van der Waals surface area (Å²) >= 11 is 5.68. The Morgan fingerprint density at radius 2 is 1.79 bits per heavy atom. The number of ether oxygens (including phenoxy) is 1. The first kappa shape index (κ1) is 22.0. The van der Waals surface area contributed by atoms with Gasteiger partial charge in [-0.15, -0.1) is 0 Å². The molecule has 5 nitrogen and oxygen atoms in total. The smallest absolute Gasteiger partial charge is 0.141 e. The van der Waals surface area contributed by atoms with E-state index in [9.17, 15) is 0 Å². The van der Waals surface area contributed by atoms with Gasteiger partial charge in [0.15, 0.2) is 0 Å². The Labute approximate surface area is 199 Å². The van der Waals surface area contributed by atoms with Crippen LogP contribution in [-0.2, 0) is 30.7 Å². The zero-order chi connectivity index (χ0) is 22.8. The van der Waals surface area contributed by atoms with Gasteiger partial charge in [0.05, 0.1) is 23.2 Å². The first-order valence-electron chi connectivity index (χ1n) is 11.8. The number of unbranched alkanes of at least 4 members (excludes halogenated alkanes) is 2. The molecular formula is C27H30N4OS. The van der Waals surface area contributed by atoms with E-state index in [-0.39, 0.29) is 5.60 Å². The number of H-pyrrole nitrogens is 1. The molecule has 0 spiro atoms. The normalized spacial score (nSPS) is 15.0. The summed E-state index contributed by atoms with van der Waals surface area (Å²) in [4.78, 5) is 13.0. The van der Waals surface area contributed by atoms with E-state index in [1.54, 1.807) is 0 Å². The van der Waals surface area contributed by atoms with Crippen LogP contribution < -0.4 is 0 Å². The zero-order valence-corrected chi connectivity index (χ0v) is 20.1. The first-order chi connectivity index (χ1) is 16.0. The Bertz CT molecular complexity index is 1290. The van der Waals surface area contributed by atoms with Crippen molar-refractivity contribution in [3.05, 3.63) is 76.3 Å². The predicted octanol–water partition coefficient (Wildman–Crippen LogP) is 6.42. The average Bonchev–Trinajstić information content (AvgIpc) is 3.22. The molecule has 0 fully saturated rings. The monoisotopic (exact) mass is 458 g/mol. The highest BCUT2D eigenvalue weighted by molar-refractivity contribution is 7.71. The first-order valence-corrected chi connectivity index (χ1v) is 12.2. The molecule has 33 heavy (non-hydrogen) atoms. The Balaban J connectivity index is 1.34. The van der Waals surface area contributed by atoms with E-state index < -0.39 is 0 Å². The molecule has 0 radical (unpaired) electrons. The molecule has 1 N–H and O–H groups in total. The van der Waals surface area contributed by atoms with E-state index in [4.69, 9.17) is 26.9 Å². The van der Waals surface area contributed by atoms with Gasteiger partial charge in [-0.05, 0) is 38.8 Å². The molecule has 0 atom stereocenters. The van der Waals surface area contributed by atoms with Gasteiger partial charge >= 0.3 is 0 Å².